The maximum Gasteiger partial charge on any atom is 0.416 e. The van der Waals surface area contributed by atoms with E-state index in [1.165, 1.54) is 0 Å². The molecule has 0 N–H and O–H groups in total. The second-order valence-corrected chi connectivity index (χ2v) is 3.11. The first-order chi connectivity index (χ1) is 7.30. The lowest BCUT2D eigenvalue weighted by Gasteiger charge is -2.11. The summed E-state index contributed by atoms with van der Waals surface area (Å²) in [4.78, 5) is 9.33. The van der Waals surface area contributed by atoms with Gasteiger partial charge in [-0.15, -0.1) is 0 Å². The molecule has 16 heavy (non-hydrogen) atoms. The molecule has 0 unspecified atom stereocenters. The third-order valence-corrected chi connectivity index (χ3v) is 1.94. The summed E-state index contributed by atoms with van der Waals surface area (Å²) in [6, 6.07) is 2.11. The second-order valence-electron chi connectivity index (χ2n) is 3.11. The molecule has 0 heterocycles. The van der Waals surface area contributed by atoms with Crippen LogP contribution in [0.1, 0.15) is 11.1 Å². The monoisotopic (exact) mass is 237 g/mol. The molecule has 88 valence electrons. The van der Waals surface area contributed by atoms with E-state index in [4.69, 9.17) is 0 Å². The van der Waals surface area contributed by atoms with E-state index in [-0.39, 0.29) is 12.0 Å². The first-order valence-electron chi connectivity index (χ1n) is 4.28. The van der Waals surface area contributed by atoms with E-state index in [1.54, 1.807) is 0 Å². The normalized spacial score (nSPS) is 11.5. The minimum atomic E-state index is -4.70. The Kier molecular flexibility index (Phi) is 3.46. The van der Waals surface area contributed by atoms with Gasteiger partial charge in [-0.25, -0.2) is 4.39 Å². The van der Waals surface area contributed by atoms with Crippen LogP contribution in [-0.2, 0) is 12.6 Å². The summed E-state index contributed by atoms with van der Waals surface area (Å²) in [6.07, 6.45) is -5.07. The van der Waals surface area contributed by atoms with Gasteiger partial charge in [-0.3, -0.25) is 10.1 Å². The fourth-order valence-electron chi connectivity index (χ4n) is 1.24. The third-order valence-electron chi connectivity index (χ3n) is 1.94. The van der Waals surface area contributed by atoms with Crippen molar-refractivity contribution in [2.75, 3.05) is 6.54 Å². The zero-order chi connectivity index (χ0) is 12.3. The summed E-state index contributed by atoms with van der Waals surface area (Å²) in [6.45, 7) is -0.616. The van der Waals surface area contributed by atoms with Gasteiger partial charge >= 0.3 is 6.18 Å². The van der Waals surface area contributed by atoms with Gasteiger partial charge in [0.05, 0.1) is 5.56 Å². The first kappa shape index (κ1) is 12.4. The number of hydrogen-bond acceptors (Lipinski definition) is 2. The summed E-state index contributed by atoms with van der Waals surface area (Å²) in [7, 11) is 0. The van der Waals surface area contributed by atoms with Crippen LogP contribution in [0.25, 0.3) is 0 Å². The maximum atomic E-state index is 12.6. The van der Waals surface area contributed by atoms with Gasteiger partial charge < -0.3 is 0 Å². The van der Waals surface area contributed by atoms with Crippen molar-refractivity contribution < 1.29 is 22.5 Å². The molecule has 7 heteroatoms. The highest BCUT2D eigenvalue weighted by Gasteiger charge is 2.33. The topological polar surface area (TPSA) is 43.1 Å². The van der Waals surface area contributed by atoms with Gasteiger partial charge in [0, 0.05) is 11.3 Å². The fourth-order valence-corrected chi connectivity index (χ4v) is 1.24. The lowest BCUT2D eigenvalue weighted by molar-refractivity contribution is -0.479. The smallest absolute Gasteiger partial charge is 0.265 e. The predicted molar refractivity (Wildman–Crippen MR) is 47.0 cm³/mol. The zero-order valence-electron chi connectivity index (χ0n) is 7.92. The Labute approximate surface area is 87.8 Å². The molecule has 0 fully saturated rings. The van der Waals surface area contributed by atoms with Crippen molar-refractivity contribution in [3.63, 3.8) is 0 Å². The lowest BCUT2D eigenvalue weighted by Crippen LogP contribution is -2.13. The minimum Gasteiger partial charge on any atom is -0.265 e. The average Bonchev–Trinajstić information content (AvgIpc) is 2.14. The molecule has 0 bridgehead atoms. The van der Waals surface area contributed by atoms with E-state index in [2.05, 4.69) is 0 Å². The third kappa shape index (κ3) is 3.18. The standard InChI is InChI=1S/C9H7F4NO2/c10-7-2-1-6(3-4-14(15)16)8(5-7)9(11,12)13/h1-2,5H,3-4H2. The number of benzene rings is 1. The van der Waals surface area contributed by atoms with Crippen molar-refractivity contribution in [1.82, 2.24) is 0 Å². The molecule has 0 saturated heterocycles. The van der Waals surface area contributed by atoms with Crippen molar-refractivity contribution >= 4 is 0 Å². The predicted octanol–water partition coefficient (Wildman–Crippen LogP) is 2.66. The molecule has 1 aromatic carbocycles. The molecule has 0 spiro atoms. The van der Waals surface area contributed by atoms with Crippen LogP contribution in [0, 0.1) is 15.9 Å². The summed E-state index contributed by atoms with van der Waals surface area (Å²) < 4.78 is 49.9. The Morgan fingerprint density at radius 3 is 2.44 bits per heavy atom. The molecule has 1 aromatic rings. The van der Waals surface area contributed by atoms with Crippen LogP contribution in [0.15, 0.2) is 18.2 Å². The quantitative estimate of drug-likeness (QED) is 0.460. The molecule has 0 atom stereocenters. The molecule has 0 aliphatic carbocycles. The zero-order valence-corrected chi connectivity index (χ0v) is 7.92. The van der Waals surface area contributed by atoms with Crippen molar-refractivity contribution in [2.24, 2.45) is 0 Å². The van der Waals surface area contributed by atoms with Gasteiger partial charge in [0.15, 0.2) is 0 Å². The van der Waals surface area contributed by atoms with Gasteiger partial charge in [-0.2, -0.15) is 13.2 Å². The molecule has 1 rings (SSSR count). The highest BCUT2D eigenvalue weighted by atomic mass is 19.4. The van der Waals surface area contributed by atoms with Crippen LogP contribution in [0.4, 0.5) is 17.6 Å². The van der Waals surface area contributed by atoms with Crippen LogP contribution >= 0.6 is 0 Å². The van der Waals surface area contributed by atoms with Crippen LogP contribution in [0.5, 0.6) is 0 Å². The van der Waals surface area contributed by atoms with Gasteiger partial charge in [0.2, 0.25) is 6.54 Å². The van der Waals surface area contributed by atoms with Crippen LogP contribution < -0.4 is 0 Å². The van der Waals surface area contributed by atoms with Crippen LogP contribution in [0.2, 0.25) is 0 Å². The van der Waals surface area contributed by atoms with E-state index in [1.807, 2.05) is 0 Å². The summed E-state index contributed by atoms with van der Waals surface area (Å²) in [5.41, 5.74) is -1.43. The Bertz CT molecular complexity index is 403. The second kappa shape index (κ2) is 4.46. The molecular weight excluding hydrogens is 230 g/mol. The Hall–Kier alpha value is -1.66. The highest BCUT2D eigenvalue weighted by Crippen LogP contribution is 2.32. The largest absolute Gasteiger partial charge is 0.416 e. The number of alkyl halides is 3. The molecule has 0 amide bonds. The number of nitrogens with zero attached hydrogens (tertiary/aromatic N) is 1. The molecule has 0 radical (unpaired) electrons. The number of rotatable bonds is 3. The Balaban J connectivity index is 3.03. The first-order valence-corrected chi connectivity index (χ1v) is 4.28. The van der Waals surface area contributed by atoms with Crippen LogP contribution in [-0.4, -0.2) is 11.5 Å². The number of nitro groups is 1. The Morgan fingerprint density at radius 2 is 1.94 bits per heavy atom. The molecule has 0 aliphatic rings. The van der Waals surface area contributed by atoms with E-state index in [9.17, 15) is 27.7 Å². The molecule has 0 aromatic heterocycles. The summed E-state index contributed by atoms with van der Waals surface area (Å²) >= 11 is 0. The van der Waals surface area contributed by atoms with E-state index < -0.39 is 29.0 Å². The Morgan fingerprint density at radius 1 is 1.31 bits per heavy atom. The highest BCUT2D eigenvalue weighted by molar-refractivity contribution is 5.30. The van der Waals surface area contributed by atoms with Crippen molar-refractivity contribution in [2.45, 2.75) is 12.6 Å². The van der Waals surface area contributed by atoms with Gasteiger partial charge in [0.1, 0.15) is 5.82 Å². The van der Waals surface area contributed by atoms with Crippen LogP contribution in [0.3, 0.4) is 0 Å². The number of hydrogen-bond donors (Lipinski definition) is 0. The van der Waals surface area contributed by atoms with Crippen molar-refractivity contribution in [1.29, 1.82) is 0 Å². The lowest BCUT2D eigenvalue weighted by atomic mass is 10.0. The van der Waals surface area contributed by atoms with Gasteiger partial charge in [0.25, 0.3) is 0 Å². The molecule has 0 aliphatic heterocycles. The molecule has 0 saturated carbocycles. The fraction of sp³-hybridized carbons (Fsp3) is 0.333. The van der Waals surface area contributed by atoms with E-state index in [0.717, 1.165) is 12.1 Å². The molecule has 3 nitrogen and oxygen atoms in total. The van der Waals surface area contributed by atoms with Crippen molar-refractivity contribution in [3.05, 3.63) is 45.3 Å². The van der Waals surface area contributed by atoms with E-state index in [0.29, 0.717) is 6.07 Å². The molecular formula is C9H7F4NO2. The van der Waals surface area contributed by atoms with E-state index >= 15 is 0 Å². The average molecular weight is 237 g/mol. The summed E-state index contributed by atoms with van der Waals surface area (Å²) in [5.74, 6) is -1.02. The van der Waals surface area contributed by atoms with Crippen molar-refractivity contribution in [3.8, 4) is 0 Å². The SMILES string of the molecule is O=[N+]([O-])CCc1ccc(F)cc1C(F)(F)F. The maximum absolute atomic E-state index is 12.6. The summed E-state index contributed by atoms with van der Waals surface area (Å²) in [5, 5.41) is 10.1. The van der Waals surface area contributed by atoms with Gasteiger partial charge in [-0.1, -0.05) is 6.07 Å². The number of halogens is 4. The van der Waals surface area contributed by atoms with Gasteiger partial charge in [-0.05, 0) is 17.7 Å². The minimum absolute atomic E-state index is 0.273.